The summed E-state index contributed by atoms with van der Waals surface area (Å²) >= 11 is 0. The van der Waals surface area contributed by atoms with Crippen LogP contribution >= 0.6 is 0 Å². The van der Waals surface area contributed by atoms with Crippen molar-refractivity contribution in [2.24, 2.45) is 5.92 Å². The van der Waals surface area contributed by atoms with E-state index in [-0.39, 0.29) is 0 Å². The molecule has 0 aliphatic heterocycles. The fourth-order valence-electron chi connectivity index (χ4n) is 1.82. The molecular formula is C13H19N5O. The summed E-state index contributed by atoms with van der Waals surface area (Å²) in [5, 5.41) is 11.8. The summed E-state index contributed by atoms with van der Waals surface area (Å²) in [5.74, 6) is 2.00. The number of rotatable bonds is 5. The third kappa shape index (κ3) is 3.01. The number of aryl methyl sites for hydroxylation is 1. The molecule has 2 N–H and O–H groups in total. The Morgan fingerprint density at radius 3 is 2.79 bits per heavy atom. The lowest BCUT2D eigenvalue weighted by Crippen LogP contribution is -2.06. The van der Waals surface area contributed by atoms with Gasteiger partial charge in [0.25, 0.3) is 0 Å². The molecule has 19 heavy (non-hydrogen) atoms. The van der Waals surface area contributed by atoms with Crippen molar-refractivity contribution in [1.82, 2.24) is 20.2 Å². The molecule has 0 unspecified atom stereocenters. The molecule has 0 saturated carbocycles. The molecule has 6 heteroatoms. The number of nitrogens with two attached hydrogens (primary N) is 1. The van der Waals surface area contributed by atoms with Gasteiger partial charge in [0, 0.05) is 12.1 Å². The molecule has 0 saturated heterocycles. The lowest BCUT2D eigenvalue weighted by molar-refractivity contribution is 0.417. The smallest absolute Gasteiger partial charge is 0.182 e. The highest BCUT2D eigenvalue weighted by Gasteiger charge is 2.11. The van der Waals surface area contributed by atoms with Gasteiger partial charge in [0.1, 0.15) is 5.75 Å². The standard InChI is InChI=1S/C13H19N5O/c1-9(2)6-7-18-13(15-16-17-18)10-4-5-12(19-3)11(14)8-10/h4-5,8-9H,6-7,14H2,1-3H3. The highest BCUT2D eigenvalue weighted by molar-refractivity contribution is 5.66. The quantitative estimate of drug-likeness (QED) is 0.832. The lowest BCUT2D eigenvalue weighted by atomic mass is 10.1. The molecule has 0 radical (unpaired) electrons. The van der Waals surface area contributed by atoms with Gasteiger partial charge < -0.3 is 10.5 Å². The number of anilines is 1. The van der Waals surface area contributed by atoms with Crippen LogP contribution in [0, 0.1) is 5.92 Å². The Bertz CT molecular complexity index is 550. The first kappa shape index (κ1) is 13.3. The van der Waals surface area contributed by atoms with Crippen LogP contribution in [0.4, 0.5) is 5.69 Å². The summed E-state index contributed by atoms with van der Waals surface area (Å²) in [4.78, 5) is 0. The van der Waals surface area contributed by atoms with Crippen LogP contribution in [0.15, 0.2) is 18.2 Å². The third-order valence-corrected chi connectivity index (χ3v) is 2.94. The van der Waals surface area contributed by atoms with E-state index < -0.39 is 0 Å². The lowest BCUT2D eigenvalue weighted by Gasteiger charge is -2.08. The zero-order chi connectivity index (χ0) is 13.8. The van der Waals surface area contributed by atoms with Gasteiger partial charge in [0.15, 0.2) is 5.82 Å². The number of hydrogen-bond donors (Lipinski definition) is 1. The first-order valence-corrected chi connectivity index (χ1v) is 6.32. The largest absolute Gasteiger partial charge is 0.495 e. The average Bonchev–Trinajstić information content (AvgIpc) is 2.84. The molecule has 0 aliphatic carbocycles. The Kier molecular flexibility index (Phi) is 3.99. The summed E-state index contributed by atoms with van der Waals surface area (Å²) < 4.78 is 6.95. The van der Waals surface area contributed by atoms with Crippen molar-refractivity contribution in [1.29, 1.82) is 0 Å². The van der Waals surface area contributed by atoms with E-state index in [1.54, 1.807) is 11.8 Å². The molecule has 6 nitrogen and oxygen atoms in total. The topological polar surface area (TPSA) is 78.9 Å². The van der Waals surface area contributed by atoms with Crippen molar-refractivity contribution in [2.45, 2.75) is 26.8 Å². The van der Waals surface area contributed by atoms with E-state index in [0.29, 0.717) is 17.4 Å². The van der Waals surface area contributed by atoms with Gasteiger partial charge in [-0.15, -0.1) is 5.10 Å². The van der Waals surface area contributed by atoms with Crippen molar-refractivity contribution in [3.05, 3.63) is 18.2 Å². The molecule has 0 spiro atoms. The molecule has 1 aromatic carbocycles. The van der Waals surface area contributed by atoms with Crippen LogP contribution in [0.25, 0.3) is 11.4 Å². The van der Waals surface area contributed by atoms with Gasteiger partial charge in [-0.2, -0.15) is 0 Å². The van der Waals surface area contributed by atoms with Gasteiger partial charge in [-0.05, 0) is 41.0 Å². The van der Waals surface area contributed by atoms with Crippen molar-refractivity contribution in [3.8, 4) is 17.1 Å². The molecule has 0 atom stereocenters. The first-order valence-electron chi connectivity index (χ1n) is 6.32. The summed E-state index contributed by atoms with van der Waals surface area (Å²) in [7, 11) is 1.60. The molecule has 1 heterocycles. The zero-order valence-corrected chi connectivity index (χ0v) is 11.5. The molecule has 102 valence electrons. The zero-order valence-electron chi connectivity index (χ0n) is 11.5. The van der Waals surface area contributed by atoms with Crippen LogP contribution in [-0.2, 0) is 6.54 Å². The maximum atomic E-state index is 5.91. The van der Waals surface area contributed by atoms with Crippen molar-refractivity contribution < 1.29 is 4.74 Å². The van der Waals surface area contributed by atoms with Crippen LogP contribution in [0.1, 0.15) is 20.3 Å². The van der Waals surface area contributed by atoms with Crippen LogP contribution in [0.2, 0.25) is 0 Å². The Morgan fingerprint density at radius 2 is 2.16 bits per heavy atom. The van der Waals surface area contributed by atoms with Crippen LogP contribution < -0.4 is 10.5 Å². The summed E-state index contributed by atoms with van der Waals surface area (Å²) in [5.41, 5.74) is 7.38. The third-order valence-electron chi connectivity index (χ3n) is 2.94. The summed E-state index contributed by atoms with van der Waals surface area (Å²) in [6.07, 6.45) is 1.03. The number of hydrogen-bond acceptors (Lipinski definition) is 5. The molecule has 0 fully saturated rings. The van der Waals surface area contributed by atoms with E-state index in [9.17, 15) is 0 Å². The van der Waals surface area contributed by atoms with Gasteiger partial charge in [0.2, 0.25) is 0 Å². The summed E-state index contributed by atoms with van der Waals surface area (Å²) in [6.45, 7) is 5.15. The molecule has 2 rings (SSSR count). The molecule has 1 aromatic heterocycles. The Labute approximate surface area is 112 Å². The molecule has 0 bridgehead atoms. The van der Waals surface area contributed by atoms with E-state index in [2.05, 4.69) is 29.4 Å². The first-order chi connectivity index (χ1) is 9.11. The van der Waals surface area contributed by atoms with Crippen molar-refractivity contribution in [2.75, 3.05) is 12.8 Å². The molecule has 2 aromatic rings. The second-order valence-corrected chi connectivity index (χ2v) is 4.86. The molecular weight excluding hydrogens is 242 g/mol. The maximum Gasteiger partial charge on any atom is 0.182 e. The van der Waals surface area contributed by atoms with Gasteiger partial charge in [-0.25, -0.2) is 4.68 Å². The highest BCUT2D eigenvalue weighted by atomic mass is 16.5. The predicted octanol–water partition coefficient (Wildman–Crippen LogP) is 1.98. The minimum absolute atomic E-state index is 0.582. The minimum atomic E-state index is 0.582. The van der Waals surface area contributed by atoms with E-state index >= 15 is 0 Å². The van der Waals surface area contributed by atoms with E-state index in [1.807, 2.05) is 18.2 Å². The normalized spacial score (nSPS) is 10.9. The number of ether oxygens (including phenoxy) is 1. The number of aromatic nitrogens is 4. The highest BCUT2D eigenvalue weighted by Crippen LogP contribution is 2.27. The van der Waals surface area contributed by atoms with Crippen molar-refractivity contribution >= 4 is 5.69 Å². The molecule has 0 aliphatic rings. The van der Waals surface area contributed by atoms with Crippen molar-refractivity contribution in [3.63, 3.8) is 0 Å². The van der Waals surface area contributed by atoms with Crippen LogP contribution in [0.3, 0.4) is 0 Å². The number of benzene rings is 1. The van der Waals surface area contributed by atoms with Crippen LogP contribution in [0.5, 0.6) is 5.75 Å². The molecule has 0 amide bonds. The van der Waals surface area contributed by atoms with E-state index in [1.165, 1.54) is 0 Å². The summed E-state index contributed by atoms with van der Waals surface area (Å²) in [6, 6.07) is 5.56. The van der Waals surface area contributed by atoms with E-state index in [4.69, 9.17) is 10.5 Å². The SMILES string of the molecule is COc1ccc(-c2nnnn2CCC(C)C)cc1N. The number of methoxy groups -OCH3 is 1. The Hall–Kier alpha value is -2.11. The van der Waals surface area contributed by atoms with Gasteiger partial charge >= 0.3 is 0 Å². The predicted molar refractivity (Wildman–Crippen MR) is 73.7 cm³/mol. The monoisotopic (exact) mass is 261 g/mol. The minimum Gasteiger partial charge on any atom is -0.495 e. The number of nitrogen functional groups attached to an aromatic ring is 1. The van der Waals surface area contributed by atoms with Gasteiger partial charge in [-0.1, -0.05) is 13.8 Å². The number of tetrazole rings is 1. The second kappa shape index (κ2) is 5.69. The number of nitrogens with zero attached hydrogens (tertiary/aromatic N) is 4. The fraction of sp³-hybridized carbons (Fsp3) is 0.462. The fourth-order valence-corrected chi connectivity index (χ4v) is 1.82. The Balaban J connectivity index is 2.27. The second-order valence-electron chi connectivity index (χ2n) is 4.86. The Morgan fingerprint density at radius 1 is 1.37 bits per heavy atom. The van der Waals surface area contributed by atoms with Crippen LogP contribution in [-0.4, -0.2) is 27.3 Å². The van der Waals surface area contributed by atoms with E-state index in [0.717, 1.165) is 24.4 Å². The van der Waals surface area contributed by atoms with Gasteiger partial charge in [0.05, 0.1) is 12.8 Å². The maximum absolute atomic E-state index is 5.91. The van der Waals surface area contributed by atoms with Gasteiger partial charge in [-0.3, -0.25) is 0 Å². The average molecular weight is 261 g/mol.